The molecule has 0 saturated carbocycles. The van der Waals surface area contributed by atoms with E-state index >= 15 is 0 Å². The lowest BCUT2D eigenvalue weighted by molar-refractivity contribution is 0.645. The first kappa shape index (κ1) is 33.3. The number of benzene rings is 9. The van der Waals surface area contributed by atoms with E-state index in [9.17, 15) is 0 Å². The van der Waals surface area contributed by atoms with Crippen LogP contribution in [0, 0.1) is 0 Å². The summed E-state index contributed by atoms with van der Waals surface area (Å²) in [5.74, 6) is 0. The second kappa shape index (κ2) is 13.4. The first-order valence-electron chi connectivity index (χ1n) is 20.2. The molecule has 0 saturated heterocycles. The Morgan fingerprint density at radius 2 is 0.729 bits per heavy atom. The summed E-state index contributed by atoms with van der Waals surface area (Å²) in [6.07, 6.45) is 0. The number of nitrogens with zero attached hydrogens (tertiary/aromatic N) is 2. The highest BCUT2D eigenvalue weighted by Gasteiger charge is 2.20. The van der Waals surface area contributed by atoms with Gasteiger partial charge in [-0.15, -0.1) is 0 Å². The summed E-state index contributed by atoms with van der Waals surface area (Å²) in [5, 5.41) is 5.95. The van der Waals surface area contributed by atoms with Gasteiger partial charge >= 0.3 is 0 Å². The summed E-state index contributed by atoms with van der Waals surface area (Å²) in [5.41, 5.74) is 17.0. The highest BCUT2D eigenvalue weighted by atomic mass is 16.3. The number of hydrogen-bond acceptors (Lipinski definition) is 1. The van der Waals surface area contributed by atoms with Crippen molar-refractivity contribution in [2.45, 2.75) is 0 Å². The molecule has 0 bridgehead atoms. The topological polar surface area (TPSA) is 23.0 Å². The Bertz CT molecular complexity index is 3420. The normalized spacial score (nSPS) is 11.7. The fourth-order valence-corrected chi connectivity index (χ4v) is 9.11. The number of aromatic nitrogens is 2. The SMILES string of the molecule is c1ccc(-c2ccc3c(c2)c2cc(-c4ccccc4)ccc2n3-c2cccc(-c3ccc(-c4ccc5c(c4)oc4c5c5ccccc5n4-c4ccccc4)cc3)c2)cc1. The van der Waals surface area contributed by atoms with Crippen LogP contribution in [0.15, 0.2) is 223 Å². The molecule has 12 aromatic rings. The number of para-hydroxylation sites is 2. The van der Waals surface area contributed by atoms with Gasteiger partial charge in [-0.2, -0.15) is 0 Å². The molecular formula is C56H36N2O. The predicted molar refractivity (Wildman–Crippen MR) is 247 cm³/mol. The summed E-state index contributed by atoms with van der Waals surface area (Å²) < 4.78 is 11.4. The average molecular weight is 753 g/mol. The first-order valence-corrected chi connectivity index (χ1v) is 20.2. The van der Waals surface area contributed by atoms with Gasteiger partial charge in [0, 0.05) is 32.9 Å². The fraction of sp³-hybridized carbons (Fsp3) is 0. The van der Waals surface area contributed by atoms with Crippen LogP contribution in [0.1, 0.15) is 0 Å². The lowest BCUT2D eigenvalue weighted by Gasteiger charge is -2.11. The van der Waals surface area contributed by atoms with Crippen LogP contribution in [-0.4, -0.2) is 9.13 Å². The van der Waals surface area contributed by atoms with Crippen molar-refractivity contribution in [2.75, 3.05) is 0 Å². The zero-order chi connectivity index (χ0) is 38.9. The largest absolute Gasteiger partial charge is 0.439 e. The van der Waals surface area contributed by atoms with Crippen LogP contribution in [0.2, 0.25) is 0 Å². The van der Waals surface area contributed by atoms with Crippen molar-refractivity contribution >= 4 is 54.8 Å². The minimum absolute atomic E-state index is 0.872. The van der Waals surface area contributed by atoms with Crippen molar-refractivity contribution in [2.24, 2.45) is 0 Å². The van der Waals surface area contributed by atoms with Gasteiger partial charge in [-0.1, -0.05) is 152 Å². The average Bonchev–Trinajstić information content (AvgIpc) is 3.96. The van der Waals surface area contributed by atoms with E-state index in [1.54, 1.807) is 0 Å². The monoisotopic (exact) mass is 752 g/mol. The molecule has 0 amide bonds. The van der Waals surface area contributed by atoms with Crippen molar-refractivity contribution in [3.05, 3.63) is 218 Å². The van der Waals surface area contributed by atoms with Crippen LogP contribution in [-0.2, 0) is 0 Å². The summed E-state index contributed by atoms with van der Waals surface area (Å²) in [6.45, 7) is 0. The zero-order valence-electron chi connectivity index (χ0n) is 32.1. The molecule has 276 valence electrons. The van der Waals surface area contributed by atoms with Crippen LogP contribution in [0.25, 0.3) is 111 Å². The van der Waals surface area contributed by atoms with E-state index in [0.29, 0.717) is 0 Å². The number of rotatable bonds is 6. The molecule has 0 aliphatic heterocycles. The summed E-state index contributed by atoms with van der Waals surface area (Å²) >= 11 is 0. The molecule has 3 heterocycles. The van der Waals surface area contributed by atoms with E-state index in [0.717, 1.165) is 50.1 Å². The molecule has 0 spiro atoms. The van der Waals surface area contributed by atoms with E-state index in [-0.39, 0.29) is 0 Å². The van der Waals surface area contributed by atoms with Crippen molar-refractivity contribution in [3.8, 4) is 55.9 Å². The molecular weight excluding hydrogens is 717 g/mol. The molecule has 3 nitrogen and oxygen atoms in total. The molecule has 3 heteroatoms. The van der Waals surface area contributed by atoms with Gasteiger partial charge in [0.25, 0.3) is 0 Å². The fourth-order valence-electron chi connectivity index (χ4n) is 9.11. The van der Waals surface area contributed by atoms with E-state index in [4.69, 9.17) is 4.42 Å². The standard InChI is InChI=1S/C56H36N2O/c1-4-13-37(14-5-1)42-28-31-52-49(34-42)50-35-43(38-15-6-2-7-16-38)29-32-53(50)57(52)46-20-12-17-41(33-46)39-23-25-40(26-24-39)44-27-30-48-54(36-44)59-56-55(48)47-21-10-11-22-51(47)58(56)45-18-8-3-9-19-45/h1-36H. The molecule has 59 heavy (non-hydrogen) atoms. The van der Waals surface area contributed by atoms with Gasteiger partial charge in [0.05, 0.1) is 21.9 Å². The quantitative estimate of drug-likeness (QED) is 0.166. The maximum Gasteiger partial charge on any atom is 0.213 e. The van der Waals surface area contributed by atoms with E-state index in [1.165, 1.54) is 60.6 Å². The molecule has 12 rings (SSSR count). The molecule has 0 aliphatic rings. The lowest BCUT2D eigenvalue weighted by Crippen LogP contribution is -1.94. The van der Waals surface area contributed by atoms with Gasteiger partial charge in [-0.3, -0.25) is 4.57 Å². The lowest BCUT2D eigenvalue weighted by atomic mass is 9.99. The number of furan rings is 1. The Kier molecular flexibility index (Phi) is 7.54. The van der Waals surface area contributed by atoms with Crippen molar-refractivity contribution in [1.29, 1.82) is 0 Å². The summed E-state index contributed by atoms with van der Waals surface area (Å²) in [4.78, 5) is 0. The van der Waals surface area contributed by atoms with E-state index < -0.39 is 0 Å². The first-order chi connectivity index (χ1) is 29.2. The third-order valence-corrected chi connectivity index (χ3v) is 11.9. The molecule has 0 aliphatic carbocycles. The van der Waals surface area contributed by atoms with Gasteiger partial charge in [0.2, 0.25) is 5.71 Å². The second-order valence-electron chi connectivity index (χ2n) is 15.3. The Morgan fingerprint density at radius 1 is 0.271 bits per heavy atom. The van der Waals surface area contributed by atoms with Crippen LogP contribution < -0.4 is 0 Å². The third-order valence-electron chi connectivity index (χ3n) is 11.9. The molecule has 0 unspecified atom stereocenters. The molecule has 9 aromatic carbocycles. The zero-order valence-corrected chi connectivity index (χ0v) is 32.1. The predicted octanol–water partition coefficient (Wildman–Crippen LogP) is 15.3. The second-order valence-corrected chi connectivity index (χ2v) is 15.3. The summed E-state index contributed by atoms with van der Waals surface area (Å²) in [7, 11) is 0. The smallest absolute Gasteiger partial charge is 0.213 e. The van der Waals surface area contributed by atoms with Gasteiger partial charge in [-0.05, 0) is 111 Å². The maximum atomic E-state index is 6.71. The Labute approximate surface area is 341 Å². The minimum Gasteiger partial charge on any atom is -0.439 e. The van der Waals surface area contributed by atoms with Gasteiger partial charge in [0.1, 0.15) is 5.58 Å². The van der Waals surface area contributed by atoms with Crippen LogP contribution in [0.4, 0.5) is 0 Å². The van der Waals surface area contributed by atoms with E-state index in [1.807, 2.05) is 6.07 Å². The molecule has 0 fully saturated rings. The molecule has 3 aromatic heterocycles. The highest BCUT2D eigenvalue weighted by molar-refractivity contribution is 6.20. The summed E-state index contributed by atoms with van der Waals surface area (Å²) in [6, 6.07) is 78.6. The van der Waals surface area contributed by atoms with Crippen LogP contribution in [0.3, 0.4) is 0 Å². The van der Waals surface area contributed by atoms with Gasteiger partial charge < -0.3 is 8.98 Å². The van der Waals surface area contributed by atoms with E-state index in [2.05, 4.69) is 221 Å². The van der Waals surface area contributed by atoms with Gasteiger partial charge in [0.15, 0.2) is 0 Å². The molecule has 0 N–H and O–H groups in total. The Hall–Kier alpha value is -7.88. The van der Waals surface area contributed by atoms with Crippen LogP contribution >= 0.6 is 0 Å². The highest BCUT2D eigenvalue weighted by Crippen LogP contribution is 2.41. The number of hydrogen-bond donors (Lipinski definition) is 0. The van der Waals surface area contributed by atoms with Gasteiger partial charge in [-0.25, -0.2) is 0 Å². The minimum atomic E-state index is 0.872. The number of fused-ring (bicyclic) bond motifs is 8. The molecule has 0 atom stereocenters. The molecule has 0 radical (unpaired) electrons. The Balaban J connectivity index is 0.927. The van der Waals surface area contributed by atoms with Crippen molar-refractivity contribution < 1.29 is 4.42 Å². The maximum absolute atomic E-state index is 6.71. The van der Waals surface area contributed by atoms with Crippen molar-refractivity contribution in [3.63, 3.8) is 0 Å². The van der Waals surface area contributed by atoms with Crippen molar-refractivity contribution in [1.82, 2.24) is 9.13 Å². The Morgan fingerprint density at radius 3 is 1.37 bits per heavy atom. The van der Waals surface area contributed by atoms with Crippen LogP contribution in [0.5, 0.6) is 0 Å². The third kappa shape index (κ3) is 5.44.